The molecule has 0 aromatic heterocycles. The Morgan fingerprint density at radius 1 is 1.30 bits per heavy atom. The van der Waals surface area contributed by atoms with Gasteiger partial charge in [0.1, 0.15) is 0 Å². The van der Waals surface area contributed by atoms with E-state index in [0.717, 1.165) is 25.8 Å². The fourth-order valence-electron chi connectivity index (χ4n) is 3.32. The Bertz CT molecular complexity index is 361. The highest BCUT2D eigenvalue weighted by molar-refractivity contribution is 5.92. The third-order valence-corrected chi connectivity index (χ3v) is 4.55. The molecule has 1 amide bonds. The van der Waals surface area contributed by atoms with E-state index < -0.39 is 0 Å². The first kappa shape index (κ1) is 15.8. The molecule has 1 spiro atoms. The molecule has 2 atom stereocenters. The van der Waals surface area contributed by atoms with Gasteiger partial charge < -0.3 is 9.80 Å². The van der Waals surface area contributed by atoms with Crippen molar-refractivity contribution in [3.05, 3.63) is 0 Å². The van der Waals surface area contributed by atoms with Crippen LogP contribution < -0.4 is 5.32 Å². The lowest BCUT2D eigenvalue weighted by Gasteiger charge is -2.37. The Hall–Kier alpha value is -0.610. The first-order valence-corrected chi connectivity index (χ1v) is 8.02. The number of amides is 1. The number of carbonyl (C=O) groups is 1. The van der Waals surface area contributed by atoms with Gasteiger partial charge in [-0.25, -0.2) is 0 Å². The number of carbonyl (C=O) groups excluding carboxylic acids is 1. The number of likely N-dealkylation sites (N-methyl/N-ethyl adjacent to an activating group) is 1. The Morgan fingerprint density at radius 3 is 2.30 bits per heavy atom. The van der Waals surface area contributed by atoms with Gasteiger partial charge in [0.25, 0.3) is 0 Å². The maximum absolute atomic E-state index is 12.9. The van der Waals surface area contributed by atoms with Gasteiger partial charge in [0.15, 0.2) is 0 Å². The summed E-state index contributed by atoms with van der Waals surface area (Å²) in [6.07, 6.45) is 3.30. The van der Waals surface area contributed by atoms with Gasteiger partial charge in [0.2, 0.25) is 5.91 Å². The monoisotopic (exact) mass is 281 g/mol. The molecular formula is C16H31N3O. The van der Waals surface area contributed by atoms with E-state index in [-0.39, 0.29) is 11.7 Å². The van der Waals surface area contributed by atoms with Gasteiger partial charge in [-0.15, -0.1) is 0 Å². The quantitative estimate of drug-likeness (QED) is 0.808. The Labute approximate surface area is 123 Å². The zero-order valence-corrected chi connectivity index (χ0v) is 13.9. The SMILES string of the molecule is CC(C)CC1NC2(CC2)C(=O)N1C(CN(C)C)C(C)C. The average Bonchev–Trinajstić information content (AvgIpc) is 3.01. The van der Waals surface area contributed by atoms with E-state index in [9.17, 15) is 4.79 Å². The Morgan fingerprint density at radius 2 is 1.90 bits per heavy atom. The van der Waals surface area contributed by atoms with Crippen molar-refractivity contribution in [1.29, 1.82) is 0 Å². The van der Waals surface area contributed by atoms with Crippen LogP contribution in [0.1, 0.15) is 47.0 Å². The molecule has 0 aromatic carbocycles. The molecule has 0 bridgehead atoms. The summed E-state index contributed by atoms with van der Waals surface area (Å²) in [6.45, 7) is 9.87. The summed E-state index contributed by atoms with van der Waals surface area (Å²) in [5, 5.41) is 3.64. The molecule has 2 unspecified atom stereocenters. The summed E-state index contributed by atoms with van der Waals surface area (Å²) in [4.78, 5) is 17.2. The fraction of sp³-hybridized carbons (Fsp3) is 0.938. The Balaban J connectivity index is 2.20. The maximum atomic E-state index is 12.9. The second-order valence-corrected chi connectivity index (χ2v) is 7.66. The number of nitrogens with zero attached hydrogens (tertiary/aromatic N) is 2. The first-order chi connectivity index (χ1) is 9.27. The first-order valence-electron chi connectivity index (χ1n) is 8.02. The van der Waals surface area contributed by atoms with Crippen molar-refractivity contribution in [2.24, 2.45) is 11.8 Å². The van der Waals surface area contributed by atoms with Crippen molar-refractivity contribution in [1.82, 2.24) is 15.1 Å². The van der Waals surface area contributed by atoms with Crippen LogP contribution in [0.2, 0.25) is 0 Å². The molecule has 4 nitrogen and oxygen atoms in total. The highest BCUT2D eigenvalue weighted by atomic mass is 16.2. The van der Waals surface area contributed by atoms with Gasteiger partial charge in [0, 0.05) is 12.6 Å². The predicted octanol–water partition coefficient (Wildman–Crippen LogP) is 1.91. The third kappa shape index (κ3) is 3.01. The molecular weight excluding hydrogens is 250 g/mol. The van der Waals surface area contributed by atoms with Crippen LogP contribution in [0.4, 0.5) is 0 Å². The summed E-state index contributed by atoms with van der Waals surface area (Å²) >= 11 is 0. The molecule has 116 valence electrons. The highest BCUT2D eigenvalue weighted by Gasteiger charge is 2.60. The second-order valence-electron chi connectivity index (χ2n) is 7.66. The van der Waals surface area contributed by atoms with Crippen molar-refractivity contribution in [3.8, 4) is 0 Å². The summed E-state index contributed by atoms with van der Waals surface area (Å²) in [6, 6.07) is 0.300. The molecule has 1 heterocycles. The number of nitrogens with one attached hydrogen (secondary N) is 1. The lowest BCUT2D eigenvalue weighted by molar-refractivity contribution is -0.134. The maximum Gasteiger partial charge on any atom is 0.244 e. The minimum absolute atomic E-state index is 0.195. The molecule has 1 aliphatic carbocycles. The molecule has 1 saturated carbocycles. The van der Waals surface area contributed by atoms with Crippen molar-refractivity contribution < 1.29 is 4.79 Å². The molecule has 0 aromatic rings. The fourth-order valence-corrected chi connectivity index (χ4v) is 3.32. The van der Waals surface area contributed by atoms with Crippen molar-refractivity contribution in [2.75, 3.05) is 20.6 Å². The van der Waals surface area contributed by atoms with Gasteiger partial charge >= 0.3 is 0 Å². The molecule has 4 heteroatoms. The van der Waals surface area contributed by atoms with Gasteiger partial charge in [-0.3, -0.25) is 10.1 Å². The zero-order valence-electron chi connectivity index (χ0n) is 13.9. The summed E-state index contributed by atoms with van der Waals surface area (Å²) in [7, 11) is 4.18. The van der Waals surface area contributed by atoms with Gasteiger partial charge in [-0.1, -0.05) is 27.7 Å². The summed E-state index contributed by atoms with van der Waals surface area (Å²) < 4.78 is 0. The smallest absolute Gasteiger partial charge is 0.244 e. The molecule has 1 N–H and O–H groups in total. The average molecular weight is 281 g/mol. The van der Waals surface area contributed by atoms with Crippen molar-refractivity contribution in [3.63, 3.8) is 0 Å². The van der Waals surface area contributed by atoms with Crippen molar-refractivity contribution in [2.45, 2.75) is 64.7 Å². The molecule has 1 aliphatic heterocycles. The van der Waals surface area contributed by atoms with E-state index in [0.29, 0.717) is 23.8 Å². The van der Waals surface area contributed by atoms with E-state index in [4.69, 9.17) is 0 Å². The van der Waals surface area contributed by atoms with Crippen LogP contribution in [0, 0.1) is 11.8 Å². The minimum atomic E-state index is -0.195. The van der Waals surface area contributed by atoms with Gasteiger partial charge in [-0.05, 0) is 45.2 Å². The topological polar surface area (TPSA) is 35.6 Å². The number of hydrogen-bond acceptors (Lipinski definition) is 3. The summed E-state index contributed by atoms with van der Waals surface area (Å²) in [5.41, 5.74) is -0.195. The Kier molecular flexibility index (Phi) is 4.45. The van der Waals surface area contributed by atoms with Gasteiger partial charge in [0.05, 0.1) is 11.7 Å². The van der Waals surface area contributed by atoms with Crippen LogP contribution in [0.3, 0.4) is 0 Å². The molecule has 1 saturated heterocycles. The minimum Gasteiger partial charge on any atom is -0.321 e. The van der Waals surface area contributed by atoms with Crippen LogP contribution in [-0.4, -0.2) is 54.1 Å². The second kappa shape index (κ2) is 5.64. The zero-order chi connectivity index (χ0) is 15.1. The van der Waals surface area contributed by atoms with Crippen LogP contribution in [0.5, 0.6) is 0 Å². The third-order valence-electron chi connectivity index (χ3n) is 4.55. The van der Waals surface area contributed by atoms with Crippen LogP contribution >= 0.6 is 0 Å². The normalized spacial score (nSPS) is 26.4. The largest absolute Gasteiger partial charge is 0.321 e. The van der Waals surface area contributed by atoms with E-state index in [2.05, 4.69) is 56.9 Å². The summed E-state index contributed by atoms with van der Waals surface area (Å²) in [5.74, 6) is 1.43. The standard InChI is InChI=1S/C16H31N3O/c1-11(2)9-14-17-16(7-8-16)15(20)19(14)13(12(3)4)10-18(5)6/h11-14,17H,7-10H2,1-6H3. The molecule has 0 radical (unpaired) electrons. The van der Waals surface area contributed by atoms with Crippen molar-refractivity contribution >= 4 is 5.91 Å². The molecule has 2 aliphatic rings. The number of rotatable bonds is 6. The van der Waals surface area contributed by atoms with Crippen LogP contribution in [-0.2, 0) is 4.79 Å². The highest BCUT2D eigenvalue weighted by Crippen LogP contribution is 2.44. The van der Waals surface area contributed by atoms with Crippen LogP contribution in [0.15, 0.2) is 0 Å². The van der Waals surface area contributed by atoms with E-state index in [1.807, 2.05) is 0 Å². The van der Waals surface area contributed by atoms with E-state index in [1.54, 1.807) is 0 Å². The van der Waals surface area contributed by atoms with E-state index >= 15 is 0 Å². The van der Waals surface area contributed by atoms with Crippen LogP contribution in [0.25, 0.3) is 0 Å². The lowest BCUT2D eigenvalue weighted by atomic mass is 9.99. The van der Waals surface area contributed by atoms with E-state index in [1.165, 1.54) is 0 Å². The van der Waals surface area contributed by atoms with Gasteiger partial charge in [-0.2, -0.15) is 0 Å². The number of hydrogen-bond donors (Lipinski definition) is 1. The lowest BCUT2D eigenvalue weighted by Crippen LogP contribution is -2.51. The molecule has 20 heavy (non-hydrogen) atoms. The molecule has 2 fully saturated rings. The molecule has 2 rings (SSSR count). The predicted molar refractivity (Wildman–Crippen MR) is 82.4 cm³/mol.